The van der Waals surface area contributed by atoms with Gasteiger partial charge in [-0.3, -0.25) is 9.59 Å². The number of nitrogens with one attached hydrogen (secondary N) is 1. The van der Waals surface area contributed by atoms with Crippen molar-refractivity contribution >= 4 is 5.91 Å². The van der Waals surface area contributed by atoms with Crippen LogP contribution in [-0.4, -0.2) is 21.7 Å². The second-order valence-electron chi connectivity index (χ2n) is 4.80. The van der Waals surface area contributed by atoms with E-state index in [0.29, 0.717) is 5.69 Å². The Morgan fingerprint density at radius 3 is 2.55 bits per heavy atom. The standard InChI is InChI=1S/C15H17N3O2/c1-11(2)16-14(19)10-18-15(20)9-8-13(17-18)12-6-4-3-5-7-12/h3-9,11H,10H2,1-2H3,(H,16,19). The van der Waals surface area contributed by atoms with Gasteiger partial charge >= 0.3 is 0 Å². The number of carbonyl (C=O) groups excluding carboxylic acids is 1. The molecule has 2 rings (SSSR count). The number of rotatable bonds is 4. The van der Waals surface area contributed by atoms with Crippen LogP contribution in [-0.2, 0) is 11.3 Å². The summed E-state index contributed by atoms with van der Waals surface area (Å²) in [5.74, 6) is -0.222. The van der Waals surface area contributed by atoms with Gasteiger partial charge < -0.3 is 5.32 Å². The van der Waals surface area contributed by atoms with Gasteiger partial charge in [0.05, 0.1) is 5.69 Å². The van der Waals surface area contributed by atoms with Crippen LogP contribution < -0.4 is 10.9 Å². The second kappa shape index (κ2) is 6.14. The number of nitrogens with zero attached hydrogens (tertiary/aromatic N) is 2. The minimum absolute atomic E-state index is 0.0375. The zero-order chi connectivity index (χ0) is 14.5. The molecular weight excluding hydrogens is 254 g/mol. The second-order valence-corrected chi connectivity index (χ2v) is 4.80. The smallest absolute Gasteiger partial charge is 0.267 e. The lowest BCUT2D eigenvalue weighted by molar-refractivity contribution is -0.122. The van der Waals surface area contributed by atoms with Gasteiger partial charge in [-0.05, 0) is 19.9 Å². The van der Waals surface area contributed by atoms with Crippen molar-refractivity contribution in [2.24, 2.45) is 0 Å². The quantitative estimate of drug-likeness (QED) is 0.915. The number of amides is 1. The molecule has 0 saturated carbocycles. The summed E-state index contributed by atoms with van der Waals surface area (Å²) in [6, 6.07) is 12.7. The molecule has 1 aromatic heterocycles. The van der Waals surface area contributed by atoms with Crippen LogP contribution in [0.5, 0.6) is 0 Å². The Labute approximate surface area is 117 Å². The molecule has 0 radical (unpaired) electrons. The van der Waals surface area contributed by atoms with Crippen molar-refractivity contribution in [3.63, 3.8) is 0 Å². The van der Waals surface area contributed by atoms with E-state index in [1.807, 2.05) is 44.2 Å². The lowest BCUT2D eigenvalue weighted by Gasteiger charge is -2.10. The molecule has 1 N–H and O–H groups in total. The maximum Gasteiger partial charge on any atom is 0.267 e. The van der Waals surface area contributed by atoms with Crippen molar-refractivity contribution in [1.29, 1.82) is 0 Å². The molecule has 20 heavy (non-hydrogen) atoms. The summed E-state index contributed by atoms with van der Waals surface area (Å²) < 4.78 is 1.18. The fraction of sp³-hybridized carbons (Fsp3) is 0.267. The summed E-state index contributed by atoms with van der Waals surface area (Å²) in [5.41, 5.74) is 1.29. The molecule has 0 aliphatic carbocycles. The Kier molecular flexibility index (Phi) is 4.30. The maximum atomic E-state index is 11.7. The van der Waals surface area contributed by atoms with E-state index in [9.17, 15) is 9.59 Å². The summed E-state index contributed by atoms with van der Waals surface area (Å²) >= 11 is 0. The van der Waals surface area contributed by atoms with Crippen molar-refractivity contribution in [3.8, 4) is 11.3 Å². The van der Waals surface area contributed by atoms with Crippen LogP contribution in [0.15, 0.2) is 47.3 Å². The summed E-state index contributed by atoms with van der Waals surface area (Å²) in [4.78, 5) is 23.5. The van der Waals surface area contributed by atoms with E-state index in [2.05, 4.69) is 10.4 Å². The predicted molar refractivity (Wildman–Crippen MR) is 77.2 cm³/mol. The first-order valence-electron chi connectivity index (χ1n) is 6.49. The average Bonchev–Trinajstić information content (AvgIpc) is 2.41. The van der Waals surface area contributed by atoms with Crippen LogP contribution in [0.1, 0.15) is 13.8 Å². The Balaban J connectivity index is 2.26. The van der Waals surface area contributed by atoms with Crippen molar-refractivity contribution in [2.75, 3.05) is 0 Å². The average molecular weight is 271 g/mol. The molecule has 5 nitrogen and oxygen atoms in total. The largest absolute Gasteiger partial charge is 0.352 e. The molecule has 1 aromatic carbocycles. The minimum Gasteiger partial charge on any atom is -0.352 e. The molecule has 0 atom stereocenters. The van der Waals surface area contributed by atoms with E-state index in [0.717, 1.165) is 5.56 Å². The zero-order valence-corrected chi connectivity index (χ0v) is 11.5. The lowest BCUT2D eigenvalue weighted by atomic mass is 10.1. The van der Waals surface area contributed by atoms with E-state index in [-0.39, 0.29) is 24.1 Å². The summed E-state index contributed by atoms with van der Waals surface area (Å²) in [5, 5.41) is 6.97. The van der Waals surface area contributed by atoms with E-state index >= 15 is 0 Å². The Morgan fingerprint density at radius 1 is 1.20 bits per heavy atom. The van der Waals surface area contributed by atoms with Gasteiger partial charge in [0.25, 0.3) is 5.56 Å². The summed E-state index contributed by atoms with van der Waals surface area (Å²) in [6.45, 7) is 3.67. The fourth-order valence-electron chi connectivity index (χ4n) is 1.83. The van der Waals surface area contributed by atoms with E-state index in [1.165, 1.54) is 10.7 Å². The van der Waals surface area contributed by atoms with Gasteiger partial charge in [0.2, 0.25) is 5.91 Å². The molecule has 0 aliphatic heterocycles. The minimum atomic E-state index is -0.288. The molecule has 0 saturated heterocycles. The van der Waals surface area contributed by atoms with Gasteiger partial charge in [-0.2, -0.15) is 5.10 Å². The SMILES string of the molecule is CC(C)NC(=O)Cn1nc(-c2ccccc2)ccc1=O. The highest BCUT2D eigenvalue weighted by Crippen LogP contribution is 2.13. The Bertz CT molecular complexity index is 648. The molecule has 0 unspecified atom stereocenters. The van der Waals surface area contributed by atoms with Crippen LogP contribution in [0.4, 0.5) is 0 Å². The van der Waals surface area contributed by atoms with Crippen LogP contribution in [0.25, 0.3) is 11.3 Å². The van der Waals surface area contributed by atoms with Crippen molar-refractivity contribution < 1.29 is 4.79 Å². The van der Waals surface area contributed by atoms with Gasteiger partial charge in [-0.15, -0.1) is 0 Å². The number of benzene rings is 1. The number of hydrogen-bond acceptors (Lipinski definition) is 3. The molecular formula is C15H17N3O2. The monoisotopic (exact) mass is 271 g/mol. The molecule has 1 amide bonds. The number of hydrogen-bond donors (Lipinski definition) is 1. The van der Waals surface area contributed by atoms with E-state index in [1.54, 1.807) is 6.07 Å². The van der Waals surface area contributed by atoms with E-state index in [4.69, 9.17) is 0 Å². The molecule has 5 heteroatoms. The third kappa shape index (κ3) is 3.54. The first-order chi connectivity index (χ1) is 9.56. The van der Waals surface area contributed by atoms with Gasteiger partial charge in [0.15, 0.2) is 0 Å². The van der Waals surface area contributed by atoms with Gasteiger partial charge in [-0.25, -0.2) is 4.68 Å². The zero-order valence-electron chi connectivity index (χ0n) is 11.5. The van der Waals surface area contributed by atoms with Crippen LogP contribution in [0.3, 0.4) is 0 Å². The van der Waals surface area contributed by atoms with E-state index < -0.39 is 0 Å². The van der Waals surface area contributed by atoms with Crippen molar-refractivity contribution in [2.45, 2.75) is 26.4 Å². The molecule has 0 spiro atoms. The summed E-state index contributed by atoms with van der Waals surface area (Å²) in [6.07, 6.45) is 0. The normalized spacial score (nSPS) is 10.6. The molecule has 0 aliphatic rings. The van der Waals surface area contributed by atoms with Gasteiger partial charge in [-0.1, -0.05) is 30.3 Å². The highest BCUT2D eigenvalue weighted by atomic mass is 16.2. The lowest BCUT2D eigenvalue weighted by Crippen LogP contribution is -2.36. The number of carbonyl (C=O) groups is 1. The van der Waals surface area contributed by atoms with Crippen molar-refractivity contribution in [1.82, 2.24) is 15.1 Å². The highest BCUT2D eigenvalue weighted by molar-refractivity contribution is 5.75. The van der Waals surface area contributed by atoms with Crippen LogP contribution in [0, 0.1) is 0 Å². The first-order valence-corrected chi connectivity index (χ1v) is 6.49. The molecule has 0 bridgehead atoms. The Morgan fingerprint density at radius 2 is 1.90 bits per heavy atom. The fourth-order valence-corrected chi connectivity index (χ4v) is 1.83. The maximum absolute atomic E-state index is 11.7. The van der Waals surface area contributed by atoms with Gasteiger partial charge in [0, 0.05) is 17.7 Å². The number of aromatic nitrogens is 2. The summed E-state index contributed by atoms with van der Waals surface area (Å²) in [7, 11) is 0. The van der Waals surface area contributed by atoms with Gasteiger partial charge in [0.1, 0.15) is 6.54 Å². The van der Waals surface area contributed by atoms with Crippen LogP contribution >= 0.6 is 0 Å². The molecule has 0 fully saturated rings. The molecule has 1 heterocycles. The third-order valence-corrected chi connectivity index (χ3v) is 2.68. The molecule has 104 valence electrons. The Hall–Kier alpha value is -2.43. The predicted octanol–water partition coefficient (Wildman–Crippen LogP) is 1.43. The van der Waals surface area contributed by atoms with Crippen LogP contribution in [0.2, 0.25) is 0 Å². The highest BCUT2D eigenvalue weighted by Gasteiger charge is 2.08. The molecule has 2 aromatic rings. The van der Waals surface area contributed by atoms with Crippen molar-refractivity contribution in [3.05, 3.63) is 52.8 Å². The first kappa shape index (κ1) is 14.0. The third-order valence-electron chi connectivity index (χ3n) is 2.68. The topological polar surface area (TPSA) is 64.0 Å².